The maximum atomic E-state index is 12.8. The van der Waals surface area contributed by atoms with Crippen molar-refractivity contribution in [2.45, 2.75) is 26.4 Å². The van der Waals surface area contributed by atoms with Gasteiger partial charge >= 0.3 is 0 Å². The molecule has 6 nitrogen and oxygen atoms in total. The van der Waals surface area contributed by atoms with Gasteiger partial charge in [-0.05, 0) is 37.1 Å². The van der Waals surface area contributed by atoms with E-state index in [0.717, 1.165) is 29.5 Å². The first-order valence-corrected chi connectivity index (χ1v) is 8.08. The van der Waals surface area contributed by atoms with Crippen LogP contribution < -0.4 is 4.74 Å². The lowest BCUT2D eigenvalue weighted by Gasteiger charge is -2.32. The zero-order valence-electron chi connectivity index (χ0n) is 12.8. The Hall–Kier alpha value is -2.08. The van der Waals surface area contributed by atoms with Crippen LogP contribution in [-0.2, 0) is 24.3 Å². The smallest absolute Gasteiger partial charge is 0.229 e. The van der Waals surface area contributed by atoms with E-state index >= 15 is 0 Å². The van der Waals surface area contributed by atoms with Crippen LogP contribution in [0.4, 0.5) is 0 Å². The summed E-state index contributed by atoms with van der Waals surface area (Å²) in [5, 5.41) is 8.90. The van der Waals surface area contributed by atoms with Crippen molar-refractivity contribution in [1.29, 1.82) is 0 Å². The maximum absolute atomic E-state index is 12.8. The molecule has 2 aliphatic rings. The largest absolute Gasteiger partial charge is 0.492 e. The van der Waals surface area contributed by atoms with E-state index in [0.29, 0.717) is 31.1 Å². The molecule has 0 radical (unpaired) electrons. The molecule has 2 aliphatic heterocycles. The summed E-state index contributed by atoms with van der Waals surface area (Å²) in [6, 6.07) is 5.55. The number of carbonyl (C=O) groups excluding carboxylic acids is 1. The van der Waals surface area contributed by atoms with Crippen LogP contribution in [0, 0.1) is 12.8 Å². The summed E-state index contributed by atoms with van der Waals surface area (Å²) in [5.41, 5.74) is 0.998. The molecule has 4 rings (SSSR count). The summed E-state index contributed by atoms with van der Waals surface area (Å²) >= 11 is 6.04. The molecule has 2 aromatic rings. The number of benzene rings is 1. The zero-order chi connectivity index (χ0) is 16.0. The van der Waals surface area contributed by atoms with Crippen LogP contribution in [0.5, 0.6) is 5.75 Å². The van der Waals surface area contributed by atoms with E-state index in [-0.39, 0.29) is 11.8 Å². The van der Waals surface area contributed by atoms with E-state index in [4.69, 9.17) is 16.3 Å². The average molecular weight is 333 g/mol. The van der Waals surface area contributed by atoms with Gasteiger partial charge < -0.3 is 14.2 Å². The lowest BCUT2D eigenvalue weighted by atomic mass is 9.95. The second kappa shape index (κ2) is 5.53. The summed E-state index contributed by atoms with van der Waals surface area (Å²) in [7, 11) is 0. The van der Waals surface area contributed by atoms with Gasteiger partial charge in [0.05, 0.1) is 12.5 Å². The summed E-state index contributed by atoms with van der Waals surface area (Å²) in [6.07, 6.45) is 0.664. The van der Waals surface area contributed by atoms with E-state index in [9.17, 15) is 4.79 Å². The van der Waals surface area contributed by atoms with Crippen LogP contribution >= 0.6 is 11.6 Å². The molecule has 7 heteroatoms. The van der Waals surface area contributed by atoms with Gasteiger partial charge in [-0.3, -0.25) is 4.79 Å². The topological polar surface area (TPSA) is 60.2 Å². The van der Waals surface area contributed by atoms with Crippen molar-refractivity contribution in [3.05, 3.63) is 40.4 Å². The van der Waals surface area contributed by atoms with Crippen LogP contribution in [0.2, 0.25) is 5.02 Å². The van der Waals surface area contributed by atoms with Crippen LogP contribution in [0.1, 0.15) is 17.2 Å². The van der Waals surface area contributed by atoms with E-state index < -0.39 is 0 Å². The van der Waals surface area contributed by atoms with Gasteiger partial charge in [-0.2, -0.15) is 0 Å². The Balaban J connectivity index is 1.50. The molecule has 120 valence electrons. The Morgan fingerprint density at radius 2 is 2.22 bits per heavy atom. The molecular formula is C16H17ClN4O2. The standard InChI is InChI=1S/C16H17ClN4O2/c1-10-18-19-15-8-20(4-5-21(10)15)16(22)12-6-11-7-13(17)2-3-14(11)23-9-12/h2-3,7,12H,4-6,8-9H2,1H3. The molecule has 0 spiro atoms. The van der Waals surface area contributed by atoms with Crippen LogP contribution in [-0.4, -0.2) is 38.7 Å². The third-order valence-electron chi connectivity index (χ3n) is 4.53. The van der Waals surface area contributed by atoms with Crippen molar-refractivity contribution in [2.75, 3.05) is 13.2 Å². The number of hydrogen-bond acceptors (Lipinski definition) is 4. The van der Waals surface area contributed by atoms with Crippen LogP contribution in [0.3, 0.4) is 0 Å². The highest BCUT2D eigenvalue weighted by Crippen LogP contribution is 2.31. The number of aryl methyl sites for hydroxylation is 1. The molecule has 1 atom stereocenters. The summed E-state index contributed by atoms with van der Waals surface area (Å²) in [5.74, 6) is 2.52. The molecule has 0 N–H and O–H groups in total. The summed E-state index contributed by atoms with van der Waals surface area (Å²) < 4.78 is 7.80. The minimum absolute atomic E-state index is 0.113. The molecule has 0 saturated carbocycles. The van der Waals surface area contributed by atoms with E-state index in [1.807, 2.05) is 30.0 Å². The molecule has 1 amide bonds. The molecule has 0 fully saturated rings. The molecule has 1 aromatic heterocycles. The number of carbonyl (C=O) groups is 1. The van der Waals surface area contributed by atoms with Crippen molar-refractivity contribution in [1.82, 2.24) is 19.7 Å². The van der Waals surface area contributed by atoms with Gasteiger partial charge in [0.25, 0.3) is 0 Å². The molecule has 0 bridgehead atoms. The van der Waals surface area contributed by atoms with Gasteiger partial charge in [0.15, 0.2) is 5.82 Å². The molecule has 1 aromatic carbocycles. The van der Waals surface area contributed by atoms with Crippen molar-refractivity contribution >= 4 is 17.5 Å². The first kappa shape index (κ1) is 14.5. The number of aromatic nitrogens is 3. The van der Waals surface area contributed by atoms with Crippen molar-refractivity contribution in [3.63, 3.8) is 0 Å². The predicted octanol–water partition coefficient (Wildman–Crippen LogP) is 1.83. The molecule has 0 aliphatic carbocycles. The van der Waals surface area contributed by atoms with Crippen LogP contribution in [0.15, 0.2) is 18.2 Å². The van der Waals surface area contributed by atoms with E-state index in [1.54, 1.807) is 0 Å². The fourth-order valence-electron chi connectivity index (χ4n) is 3.27. The minimum atomic E-state index is -0.170. The second-order valence-corrected chi connectivity index (χ2v) is 6.48. The van der Waals surface area contributed by atoms with E-state index in [2.05, 4.69) is 14.8 Å². The van der Waals surface area contributed by atoms with Gasteiger partial charge in [-0.1, -0.05) is 11.6 Å². The van der Waals surface area contributed by atoms with Gasteiger partial charge in [0.1, 0.15) is 18.2 Å². The quantitative estimate of drug-likeness (QED) is 0.799. The average Bonchev–Trinajstić information content (AvgIpc) is 2.94. The maximum Gasteiger partial charge on any atom is 0.229 e. The molecule has 0 saturated heterocycles. The Labute approximate surface area is 139 Å². The number of ether oxygens (including phenoxy) is 1. The third kappa shape index (κ3) is 2.57. The summed E-state index contributed by atoms with van der Waals surface area (Å²) in [4.78, 5) is 14.7. The van der Waals surface area contributed by atoms with Crippen molar-refractivity contribution in [2.24, 2.45) is 5.92 Å². The second-order valence-electron chi connectivity index (χ2n) is 6.04. The lowest BCUT2D eigenvalue weighted by Crippen LogP contribution is -2.44. The first-order valence-electron chi connectivity index (χ1n) is 7.70. The SMILES string of the molecule is Cc1nnc2n1CCN(C(=O)C1COc3ccc(Cl)cc3C1)C2. The van der Waals surface area contributed by atoms with Crippen molar-refractivity contribution in [3.8, 4) is 5.75 Å². The number of fused-ring (bicyclic) bond motifs is 2. The summed E-state index contributed by atoms with van der Waals surface area (Å²) in [6.45, 7) is 4.29. The zero-order valence-corrected chi connectivity index (χ0v) is 13.6. The van der Waals surface area contributed by atoms with Gasteiger partial charge in [0, 0.05) is 18.1 Å². The number of nitrogens with zero attached hydrogens (tertiary/aromatic N) is 4. The number of halogens is 1. The van der Waals surface area contributed by atoms with Crippen LogP contribution in [0.25, 0.3) is 0 Å². The Bertz CT molecular complexity index is 773. The number of hydrogen-bond donors (Lipinski definition) is 0. The molecule has 23 heavy (non-hydrogen) atoms. The Kier molecular flexibility index (Phi) is 3.49. The fraction of sp³-hybridized carbons (Fsp3) is 0.438. The van der Waals surface area contributed by atoms with Gasteiger partial charge in [-0.15, -0.1) is 10.2 Å². The highest BCUT2D eigenvalue weighted by Gasteiger charge is 2.32. The minimum Gasteiger partial charge on any atom is -0.492 e. The highest BCUT2D eigenvalue weighted by molar-refractivity contribution is 6.30. The van der Waals surface area contributed by atoms with Crippen molar-refractivity contribution < 1.29 is 9.53 Å². The molecule has 3 heterocycles. The predicted molar refractivity (Wildman–Crippen MR) is 84.3 cm³/mol. The first-order chi connectivity index (χ1) is 11.1. The number of rotatable bonds is 1. The fourth-order valence-corrected chi connectivity index (χ4v) is 3.47. The Morgan fingerprint density at radius 1 is 1.35 bits per heavy atom. The molecular weight excluding hydrogens is 316 g/mol. The lowest BCUT2D eigenvalue weighted by molar-refractivity contribution is -0.138. The number of amides is 1. The van der Waals surface area contributed by atoms with Gasteiger partial charge in [-0.25, -0.2) is 0 Å². The monoisotopic (exact) mass is 332 g/mol. The Morgan fingerprint density at radius 3 is 3.09 bits per heavy atom. The van der Waals surface area contributed by atoms with Gasteiger partial charge in [0.2, 0.25) is 5.91 Å². The normalized spacial score (nSPS) is 19.7. The highest BCUT2D eigenvalue weighted by atomic mass is 35.5. The molecule has 1 unspecified atom stereocenters. The third-order valence-corrected chi connectivity index (χ3v) is 4.76. The van der Waals surface area contributed by atoms with E-state index in [1.165, 1.54) is 0 Å².